The third kappa shape index (κ3) is 4.42. The number of carbonyl (C=O) groups is 2. The van der Waals surface area contributed by atoms with Gasteiger partial charge in [0.15, 0.2) is 17.3 Å². The van der Waals surface area contributed by atoms with Gasteiger partial charge in [0.05, 0.1) is 6.61 Å². The number of fused-ring (bicyclic) bond motifs is 1. The predicted octanol–water partition coefficient (Wildman–Crippen LogP) is 3.98. The summed E-state index contributed by atoms with van der Waals surface area (Å²) in [6, 6.07) is 12.7. The summed E-state index contributed by atoms with van der Waals surface area (Å²) in [5, 5.41) is 0. The highest BCUT2D eigenvalue weighted by atomic mass is 16.6. The molecule has 30 heavy (non-hydrogen) atoms. The predicted molar refractivity (Wildman–Crippen MR) is 113 cm³/mol. The summed E-state index contributed by atoms with van der Waals surface area (Å²) >= 11 is 0. The number of likely N-dealkylation sites (tertiary alicyclic amines) is 1. The van der Waals surface area contributed by atoms with Gasteiger partial charge in [-0.25, -0.2) is 0 Å². The number of hydrogen-bond acceptors (Lipinski definition) is 5. The largest absolute Gasteiger partial charge is 0.494 e. The topological polar surface area (TPSA) is 65.1 Å². The lowest BCUT2D eigenvalue weighted by molar-refractivity contribution is 0.0650. The highest BCUT2D eigenvalue weighted by Crippen LogP contribution is 2.32. The van der Waals surface area contributed by atoms with E-state index in [4.69, 9.17) is 14.2 Å². The number of carbonyl (C=O) groups excluding carboxylic acids is 2. The van der Waals surface area contributed by atoms with Crippen LogP contribution in [0.3, 0.4) is 0 Å². The summed E-state index contributed by atoms with van der Waals surface area (Å²) in [6.07, 6.45) is 2.27. The number of ether oxygens (including phenoxy) is 3. The molecule has 2 aromatic rings. The summed E-state index contributed by atoms with van der Waals surface area (Å²) in [5.74, 6) is 2.12. The van der Waals surface area contributed by atoms with Crippen molar-refractivity contribution in [3.05, 3.63) is 53.6 Å². The molecule has 4 rings (SSSR count). The van der Waals surface area contributed by atoms with Crippen LogP contribution in [0.5, 0.6) is 17.2 Å². The van der Waals surface area contributed by atoms with Gasteiger partial charge in [-0.05, 0) is 61.7 Å². The van der Waals surface area contributed by atoms with E-state index >= 15 is 0 Å². The Hall–Kier alpha value is -3.02. The lowest BCUT2D eigenvalue weighted by Crippen LogP contribution is -2.40. The van der Waals surface area contributed by atoms with Crippen molar-refractivity contribution in [3.8, 4) is 17.2 Å². The maximum absolute atomic E-state index is 12.9. The van der Waals surface area contributed by atoms with E-state index in [1.54, 1.807) is 30.3 Å². The van der Waals surface area contributed by atoms with Gasteiger partial charge >= 0.3 is 0 Å². The second-order valence-electron chi connectivity index (χ2n) is 7.66. The van der Waals surface area contributed by atoms with Gasteiger partial charge in [-0.2, -0.15) is 0 Å². The smallest absolute Gasteiger partial charge is 0.253 e. The molecule has 6 nitrogen and oxygen atoms in total. The summed E-state index contributed by atoms with van der Waals surface area (Å²) in [7, 11) is 0. The van der Waals surface area contributed by atoms with Crippen molar-refractivity contribution in [1.29, 1.82) is 0 Å². The van der Waals surface area contributed by atoms with E-state index in [2.05, 4.69) is 6.92 Å². The van der Waals surface area contributed by atoms with Crippen molar-refractivity contribution in [2.24, 2.45) is 5.92 Å². The second kappa shape index (κ2) is 9.20. The Balaban J connectivity index is 1.34. The molecule has 2 aromatic carbocycles. The minimum atomic E-state index is -0.0820. The number of piperidine rings is 1. The number of Topliss-reactive ketones (excluding diaryl/α,β-unsaturated/α-hetero) is 1. The Labute approximate surface area is 176 Å². The molecule has 0 spiro atoms. The Morgan fingerprint density at radius 3 is 2.33 bits per heavy atom. The van der Waals surface area contributed by atoms with Crippen molar-refractivity contribution >= 4 is 11.7 Å². The fraction of sp³-hybridized carbons (Fsp3) is 0.417. The average Bonchev–Trinajstić information content (AvgIpc) is 2.82. The molecule has 0 unspecified atom stereocenters. The molecule has 2 aliphatic rings. The summed E-state index contributed by atoms with van der Waals surface area (Å²) in [6.45, 7) is 4.90. The molecular weight excluding hydrogens is 382 g/mol. The molecule has 0 N–H and O–H groups in total. The third-order valence-electron chi connectivity index (χ3n) is 5.55. The van der Waals surface area contributed by atoms with Crippen molar-refractivity contribution < 1.29 is 23.8 Å². The molecular formula is C24H27NO5. The monoisotopic (exact) mass is 409 g/mol. The second-order valence-corrected chi connectivity index (χ2v) is 7.66. The number of benzene rings is 2. The van der Waals surface area contributed by atoms with E-state index < -0.39 is 0 Å². The first-order valence-electron chi connectivity index (χ1n) is 10.6. The molecule has 1 amide bonds. The zero-order chi connectivity index (χ0) is 20.9. The van der Waals surface area contributed by atoms with Crippen molar-refractivity contribution in [2.75, 3.05) is 32.9 Å². The Kier molecular flexibility index (Phi) is 6.21. The number of nitrogens with zero attached hydrogens (tertiary/aromatic N) is 1. The van der Waals surface area contributed by atoms with E-state index in [0.717, 1.165) is 12.2 Å². The minimum absolute atomic E-state index is 0.00210. The van der Waals surface area contributed by atoms with Gasteiger partial charge < -0.3 is 19.1 Å². The van der Waals surface area contributed by atoms with Crippen LogP contribution in [-0.2, 0) is 0 Å². The molecule has 0 atom stereocenters. The van der Waals surface area contributed by atoms with Crippen LogP contribution in [0.2, 0.25) is 0 Å². The zero-order valence-corrected chi connectivity index (χ0v) is 17.3. The number of rotatable bonds is 6. The molecule has 0 aliphatic carbocycles. The molecule has 2 aliphatic heterocycles. The van der Waals surface area contributed by atoms with Crippen LogP contribution in [0.15, 0.2) is 42.5 Å². The number of ketones is 1. The van der Waals surface area contributed by atoms with Gasteiger partial charge in [0.2, 0.25) is 0 Å². The Morgan fingerprint density at radius 2 is 1.63 bits per heavy atom. The molecule has 0 radical (unpaired) electrons. The SMILES string of the molecule is CCCOc1ccc(C(=O)N2CCC(C(=O)c3ccc4c(c3)OCCO4)CC2)cc1. The van der Waals surface area contributed by atoms with E-state index in [1.165, 1.54) is 0 Å². The lowest BCUT2D eigenvalue weighted by atomic mass is 9.88. The fourth-order valence-corrected chi connectivity index (χ4v) is 3.87. The normalized spacial score (nSPS) is 16.2. The van der Waals surface area contributed by atoms with Gasteiger partial charge in [-0.15, -0.1) is 0 Å². The molecule has 6 heteroatoms. The standard InChI is InChI=1S/C24H27NO5/c1-2-13-28-20-6-3-18(4-7-20)24(27)25-11-9-17(10-12-25)23(26)19-5-8-21-22(16-19)30-15-14-29-21/h3-8,16-17H,2,9-15H2,1H3. The molecule has 0 aromatic heterocycles. The van der Waals surface area contributed by atoms with Crippen LogP contribution >= 0.6 is 0 Å². The number of hydrogen-bond donors (Lipinski definition) is 0. The third-order valence-corrected chi connectivity index (χ3v) is 5.55. The molecule has 2 heterocycles. The maximum atomic E-state index is 12.9. The van der Waals surface area contributed by atoms with Crippen molar-refractivity contribution in [3.63, 3.8) is 0 Å². The van der Waals surface area contributed by atoms with Crippen LogP contribution in [0.25, 0.3) is 0 Å². The zero-order valence-electron chi connectivity index (χ0n) is 17.3. The molecule has 0 saturated carbocycles. The van der Waals surface area contributed by atoms with Crippen LogP contribution in [0.4, 0.5) is 0 Å². The van der Waals surface area contributed by atoms with Crippen LogP contribution in [-0.4, -0.2) is 49.5 Å². The lowest BCUT2D eigenvalue weighted by Gasteiger charge is -2.31. The Bertz CT molecular complexity index is 900. The fourth-order valence-electron chi connectivity index (χ4n) is 3.87. The van der Waals surface area contributed by atoms with Crippen LogP contribution < -0.4 is 14.2 Å². The Morgan fingerprint density at radius 1 is 0.967 bits per heavy atom. The maximum Gasteiger partial charge on any atom is 0.253 e. The van der Waals surface area contributed by atoms with Crippen molar-refractivity contribution in [2.45, 2.75) is 26.2 Å². The molecule has 158 valence electrons. The first-order chi connectivity index (χ1) is 14.7. The van der Waals surface area contributed by atoms with Gasteiger partial charge in [0.1, 0.15) is 19.0 Å². The van der Waals surface area contributed by atoms with Crippen molar-refractivity contribution in [1.82, 2.24) is 4.90 Å². The quantitative estimate of drug-likeness (QED) is 0.675. The number of amides is 1. The summed E-state index contributed by atoms with van der Waals surface area (Å²) in [5.41, 5.74) is 1.29. The van der Waals surface area contributed by atoms with E-state index in [-0.39, 0.29) is 17.6 Å². The van der Waals surface area contributed by atoms with Gasteiger partial charge in [-0.3, -0.25) is 9.59 Å². The van der Waals surface area contributed by atoms with Gasteiger partial charge in [0, 0.05) is 30.1 Å². The average molecular weight is 409 g/mol. The van der Waals surface area contributed by atoms with Crippen LogP contribution in [0, 0.1) is 5.92 Å². The first-order valence-corrected chi connectivity index (χ1v) is 10.6. The van der Waals surface area contributed by atoms with Crippen LogP contribution in [0.1, 0.15) is 46.9 Å². The molecule has 1 fully saturated rings. The van der Waals surface area contributed by atoms with E-state index in [9.17, 15) is 9.59 Å². The molecule has 1 saturated heterocycles. The highest BCUT2D eigenvalue weighted by Gasteiger charge is 2.29. The summed E-state index contributed by atoms with van der Waals surface area (Å²) < 4.78 is 16.7. The molecule has 0 bridgehead atoms. The first kappa shape index (κ1) is 20.3. The highest BCUT2D eigenvalue weighted by molar-refractivity contribution is 5.99. The van der Waals surface area contributed by atoms with E-state index in [0.29, 0.717) is 68.4 Å². The minimum Gasteiger partial charge on any atom is -0.494 e. The summed E-state index contributed by atoms with van der Waals surface area (Å²) in [4.78, 5) is 27.6. The van der Waals surface area contributed by atoms with E-state index in [1.807, 2.05) is 17.0 Å². The van der Waals surface area contributed by atoms with Gasteiger partial charge in [0.25, 0.3) is 5.91 Å². The van der Waals surface area contributed by atoms with Gasteiger partial charge in [-0.1, -0.05) is 6.92 Å².